The molecule has 3 N–H and O–H groups in total. The van der Waals surface area contributed by atoms with Crippen molar-refractivity contribution in [2.24, 2.45) is 17.6 Å². The van der Waals surface area contributed by atoms with Crippen molar-refractivity contribution >= 4 is 0 Å². The molecule has 0 aliphatic heterocycles. The first-order valence-electron chi connectivity index (χ1n) is 5.88. The van der Waals surface area contributed by atoms with Gasteiger partial charge in [-0.15, -0.1) is 5.10 Å². The maximum Gasteiger partial charge on any atom is 0.102 e. The summed E-state index contributed by atoms with van der Waals surface area (Å²) in [5, 5.41) is 18.1. The first kappa shape index (κ1) is 13.1. The highest BCUT2D eigenvalue weighted by atomic mass is 16.3. The third-order valence-corrected chi connectivity index (χ3v) is 2.92. The van der Waals surface area contributed by atoms with Crippen LogP contribution in [0.2, 0.25) is 0 Å². The maximum absolute atomic E-state index is 10.3. The van der Waals surface area contributed by atoms with Crippen molar-refractivity contribution < 1.29 is 5.11 Å². The lowest BCUT2D eigenvalue weighted by molar-refractivity contribution is 0.0777. The molecule has 0 aliphatic carbocycles. The van der Waals surface area contributed by atoms with Gasteiger partial charge < -0.3 is 10.8 Å². The predicted molar refractivity (Wildman–Crippen MR) is 62.7 cm³/mol. The van der Waals surface area contributed by atoms with Gasteiger partial charge in [-0.05, 0) is 18.9 Å². The van der Waals surface area contributed by atoms with E-state index in [0.717, 1.165) is 18.7 Å². The molecule has 1 rings (SSSR count). The van der Waals surface area contributed by atoms with Gasteiger partial charge in [0.05, 0.1) is 11.9 Å². The van der Waals surface area contributed by atoms with E-state index in [0.29, 0.717) is 12.5 Å². The van der Waals surface area contributed by atoms with Crippen molar-refractivity contribution in [1.29, 1.82) is 0 Å². The van der Waals surface area contributed by atoms with Crippen LogP contribution in [0.15, 0.2) is 6.20 Å². The average Bonchev–Trinajstić information content (AvgIpc) is 2.66. The van der Waals surface area contributed by atoms with E-state index in [9.17, 15) is 5.11 Å². The van der Waals surface area contributed by atoms with Crippen LogP contribution in [-0.4, -0.2) is 26.6 Å². The molecule has 5 nitrogen and oxygen atoms in total. The van der Waals surface area contributed by atoms with Crippen molar-refractivity contribution in [2.75, 3.05) is 6.54 Å². The molecule has 0 bridgehead atoms. The Labute approximate surface area is 96.6 Å². The Morgan fingerprint density at radius 2 is 2.19 bits per heavy atom. The summed E-state index contributed by atoms with van der Waals surface area (Å²) in [5.41, 5.74) is 6.46. The SMILES string of the molecule is CCCn1nncc1C(O)C(CN)C(C)C. The van der Waals surface area contributed by atoms with Crippen molar-refractivity contribution in [3.63, 3.8) is 0 Å². The largest absolute Gasteiger partial charge is 0.386 e. The second-order valence-corrected chi connectivity index (χ2v) is 4.47. The highest BCUT2D eigenvalue weighted by Gasteiger charge is 2.25. The molecule has 2 atom stereocenters. The van der Waals surface area contributed by atoms with E-state index < -0.39 is 6.10 Å². The van der Waals surface area contributed by atoms with E-state index in [1.165, 1.54) is 0 Å². The second kappa shape index (κ2) is 5.96. The van der Waals surface area contributed by atoms with Crippen molar-refractivity contribution in [2.45, 2.75) is 39.8 Å². The predicted octanol–water partition coefficient (Wildman–Crippen LogP) is 0.952. The number of aromatic nitrogens is 3. The number of aliphatic hydroxyl groups excluding tert-OH is 1. The monoisotopic (exact) mass is 226 g/mol. The van der Waals surface area contributed by atoms with Gasteiger partial charge in [-0.25, -0.2) is 4.68 Å². The van der Waals surface area contributed by atoms with Gasteiger partial charge in [-0.3, -0.25) is 0 Å². The molecule has 2 unspecified atom stereocenters. The zero-order valence-electron chi connectivity index (χ0n) is 10.3. The molecule has 92 valence electrons. The van der Waals surface area contributed by atoms with Gasteiger partial charge in [-0.1, -0.05) is 26.0 Å². The lowest BCUT2D eigenvalue weighted by atomic mass is 9.89. The summed E-state index contributed by atoms with van der Waals surface area (Å²) in [7, 11) is 0. The molecule has 0 spiro atoms. The lowest BCUT2D eigenvalue weighted by Crippen LogP contribution is -2.28. The van der Waals surface area contributed by atoms with E-state index in [4.69, 9.17) is 5.73 Å². The summed E-state index contributed by atoms with van der Waals surface area (Å²) in [6.07, 6.45) is 2.02. The van der Waals surface area contributed by atoms with Crippen LogP contribution < -0.4 is 5.73 Å². The number of aliphatic hydroxyl groups is 1. The Bertz CT molecular complexity index is 311. The van der Waals surface area contributed by atoms with Gasteiger partial charge >= 0.3 is 0 Å². The molecular weight excluding hydrogens is 204 g/mol. The number of nitrogens with two attached hydrogens (primary N) is 1. The topological polar surface area (TPSA) is 77.0 Å². The summed E-state index contributed by atoms with van der Waals surface area (Å²) < 4.78 is 1.76. The fourth-order valence-corrected chi connectivity index (χ4v) is 1.87. The average molecular weight is 226 g/mol. The molecule has 0 saturated heterocycles. The molecular formula is C11H22N4O. The normalized spacial score (nSPS) is 15.4. The van der Waals surface area contributed by atoms with E-state index in [2.05, 4.69) is 31.1 Å². The number of nitrogens with zero attached hydrogens (tertiary/aromatic N) is 3. The van der Waals surface area contributed by atoms with Crippen LogP contribution in [0.25, 0.3) is 0 Å². The molecule has 1 aromatic heterocycles. The van der Waals surface area contributed by atoms with Crippen molar-refractivity contribution in [1.82, 2.24) is 15.0 Å². The second-order valence-electron chi connectivity index (χ2n) is 4.47. The van der Waals surface area contributed by atoms with E-state index in [-0.39, 0.29) is 5.92 Å². The van der Waals surface area contributed by atoms with Crippen LogP contribution in [-0.2, 0) is 6.54 Å². The standard InChI is InChI=1S/C11H22N4O/c1-4-5-15-10(7-13-14-15)11(16)9(6-12)8(2)3/h7-9,11,16H,4-6,12H2,1-3H3. The molecule has 0 aliphatic rings. The van der Waals surface area contributed by atoms with Gasteiger partial charge in [0.25, 0.3) is 0 Å². The molecule has 0 aromatic carbocycles. The summed E-state index contributed by atoms with van der Waals surface area (Å²) in [5.74, 6) is 0.388. The Kier molecular flexibility index (Phi) is 4.89. The van der Waals surface area contributed by atoms with Crippen LogP contribution in [0.1, 0.15) is 39.0 Å². The summed E-state index contributed by atoms with van der Waals surface area (Å²) in [6.45, 7) is 7.45. The first-order chi connectivity index (χ1) is 7.61. The highest BCUT2D eigenvalue weighted by Crippen LogP contribution is 2.26. The van der Waals surface area contributed by atoms with E-state index in [1.54, 1.807) is 10.9 Å². The molecule has 1 aromatic rings. The molecule has 1 heterocycles. The van der Waals surface area contributed by atoms with Crippen LogP contribution in [0, 0.1) is 11.8 Å². The van der Waals surface area contributed by atoms with Crippen LogP contribution in [0.3, 0.4) is 0 Å². The minimum absolute atomic E-state index is 0.0501. The highest BCUT2D eigenvalue weighted by molar-refractivity contribution is 5.01. The van der Waals surface area contributed by atoms with Crippen LogP contribution in [0.5, 0.6) is 0 Å². The molecule has 0 amide bonds. The van der Waals surface area contributed by atoms with Crippen LogP contribution in [0.4, 0.5) is 0 Å². The Morgan fingerprint density at radius 3 is 2.69 bits per heavy atom. The summed E-state index contributed by atoms with van der Waals surface area (Å²) in [6, 6.07) is 0. The molecule has 0 radical (unpaired) electrons. The summed E-state index contributed by atoms with van der Waals surface area (Å²) in [4.78, 5) is 0. The van der Waals surface area contributed by atoms with Crippen molar-refractivity contribution in [3.8, 4) is 0 Å². The maximum atomic E-state index is 10.3. The molecule has 0 fully saturated rings. The Balaban J connectivity index is 2.85. The minimum atomic E-state index is -0.577. The van der Waals surface area contributed by atoms with Crippen LogP contribution >= 0.6 is 0 Å². The third-order valence-electron chi connectivity index (χ3n) is 2.92. The van der Waals surface area contributed by atoms with Crippen molar-refractivity contribution in [3.05, 3.63) is 11.9 Å². The number of aryl methyl sites for hydroxylation is 1. The quantitative estimate of drug-likeness (QED) is 0.757. The number of hydrogen-bond donors (Lipinski definition) is 2. The van der Waals surface area contributed by atoms with E-state index in [1.807, 2.05) is 0 Å². The fraction of sp³-hybridized carbons (Fsp3) is 0.818. The van der Waals surface area contributed by atoms with E-state index >= 15 is 0 Å². The van der Waals surface area contributed by atoms with Gasteiger partial charge in [0.15, 0.2) is 0 Å². The summed E-state index contributed by atoms with van der Waals surface area (Å²) >= 11 is 0. The number of rotatable bonds is 6. The molecule has 16 heavy (non-hydrogen) atoms. The smallest absolute Gasteiger partial charge is 0.102 e. The zero-order valence-corrected chi connectivity index (χ0v) is 10.3. The molecule has 5 heteroatoms. The lowest BCUT2D eigenvalue weighted by Gasteiger charge is -2.24. The van der Waals surface area contributed by atoms with Gasteiger partial charge in [0.1, 0.15) is 6.10 Å². The minimum Gasteiger partial charge on any atom is -0.386 e. The van der Waals surface area contributed by atoms with Gasteiger partial charge in [-0.2, -0.15) is 0 Å². The third kappa shape index (κ3) is 2.80. The number of hydrogen-bond acceptors (Lipinski definition) is 4. The Hall–Kier alpha value is -0.940. The Morgan fingerprint density at radius 1 is 1.50 bits per heavy atom. The molecule has 0 saturated carbocycles. The first-order valence-corrected chi connectivity index (χ1v) is 5.88. The zero-order chi connectivity index (χ0) is 12.1. The van der Waals surface area contributed by atoms with Gasteiger partial charge in [0, 0.05) is 12.5 Å². The van der Waals surface area contributed by atoms with Gasteiger partial charge in [0.2, 0.25) is 0 Å². The fourth-order valence-electron chi connectivity index (χ4n) is 1.87.